The zero-order chi connectivity index (χ0) is 16.8. The highest BCUT2D eigenvalue weighted by molar-refractivity contribution is 5.78. The molecule has 0 spiro atoms. The van der Waals surface area contributed by atoms with Crippen LogP contribution in [-0.4, -0.2) is 62.1 Å². The Morgan fingerprint density at radius 1 is 1.22 bits per heavy atom. The second kappa shape index (κ2) is 7.97. The van der Waals surface area contributed by atoms with Gasteiger partial charge in [-0.1, -0.05) is 18.2 Å². The molecular formula is C17H24N2O4. The molecule has 2 amide bonds. The summed E-state index contributed by atoms with van der Waals surface area (Å²) in [6.45, 7) is 3.51. The molecule has 0 aromatic heterocycles. The molecule has 0 unspecified atom stereocenters. The summed E-state index contributed by atoms with van der Waals surface area (Å²) in [6, 6.07) is 7.44. The van der Waals surface area contributed by atoms with Gasteiger partial charge in [0.2, 0.25) is 11.8 Å². The molecule has 1 aromatic carbocycles. The zero-order valence-electron chi connectivity index (χ0n) is 13.9. The van der Waals surface area contributed by atoms with Gasteiger partial charge in [-0.3, -0.25) is 9.59 Å². The molecule has 1 atom stereocenters. The van der Waals surface area contributed by atoms with Gasteiger partial charge in [-0.15, -0.1) is 0 Å². The molecule has 6 nitrogen and oxygen atoms in total. The molecular weight excluding hydrogens is 296 g/mol. The zero-order valence-corrected chi connectivity index (χ0v) is 13.9. The molecule has 1 heterocycles. The van der Waals surface area contributed by atoms with E-state index in [0.29, 0.717) is 32.7 Å². The number of ether oxygens (including phenoxy) is 2. The van der Waals surface area contributed by atoms with Crippen LogP contribution in [0, 0.1) is 0 Å². The number of nitrogens with zero attached hydrogens (tertiary/aromatic N) is 2. The molecule has 2 rings (SSSR count). The lowest BCUT2D eigenvalue weighted by Gasteiger charge is -2.41. The average Bonchev–Trinajstić information content (AvgIpc) is 2.58. The number of benzene rings is 1. The fourth-order valence-electron chi connectivity index (χ4n) is 2.91. The molecule has 0 radical (unpaired) electrons. The minimum absolute atomic E-state index is 0.0221. The van der Waals surface area contributed by atoms with E-state index in [-0.39, 0.29) is 17.9 Å². The number of methoxy groups -OCH3 is 2. The van der Waals surface area contributed by atoms with E-state index >= 15 is 0 Å². The van der Waals surface area contributed by atoms with Crippen LogP contribution in [0.5, 0.6) is 5.75 Å². The fraction of sp³-hybridized carbons (Fsp3) is 0.529. The van der Waals surface area contributed by atoms with Gasteiger partial charge in [0, 0.05) is 39.2 Å². The summed E-state index contributed by atoms with van der Waals surface area (Å²) in [5, 5.41) is 0. The highest BCUT2D eigenvalue weighted by Crippen LogP contribution is 2.32. The Balaban J connectivity index is 2.29. The van der Waals surface area contributed by atoms with E-state index in [4.69, 9.17) is 9.47 Å². The Hall–Kier alpha value is -2.08. The standard InChI is InChI=1S/C17H24N2O4/c1-13(20)18-9-10-19(17(21)8-11-22-2)15(12-18)14-6-4-5-7-16(14)23-3/h4-7,15H,8-12H2,1-3H3/t15-/m0/s1. The lowest BCUT2D eigenvalue weighted by Crippen LogP contribution is -2.52. The van der Waals surface area contributed by atoms with Gasteiger partial charge < -0.3 is 19.3 Å². The van der Waals surface area contributed by atoms with E-state index < -0.39 is 0 Å². The van der Waals surface area contributed by atoms with Crippen LogP contribution in [0.3, 0.4) is 0 Å². The topological polar surface area (TPSA) is 59.1 Å². The molecule has 0 N–H and O–H groups in total. The Labute approximate surface area is 137 Å². The summed E-state index contributed by atoms with van der Waals surface area (Å²) < 4.78 is 10.4. The second-order valence-electron chi connectivity index (χ2n) is 5.55. The van der Waals surface area contributed by atoms with Gasteiger partial charge in [-0.2, -0.15) is 0 Å². The minimum atomic E-state index is -0.201. The minimum Gasteiger partial charge on any atom is -0.496 e. The molecule has 1 aliphatic heterocycles. The van der Waals surface area contributed by atoms with E-state index in [2.05, 4.69) is 0 Å². The van der Waals surface area contributed by atoms with E-state index in [0.717, 1.165) is 11.3 Å². The number of carbonyl (C=O) groups excluding carboxylic acids is 2. The molecule has 0 saturated carbocycles. The van der Waals surface area contributed by atoms with Crippen molar-refractivity contribution in [3.8, 4) is 5.75 Å². The van der Waals surface area contributed by atoms with Crippen molar-refractivity contribution < 1.29 is 19.1 Å². The van der Waals surface area contributed by atoms with Crippen LogP contribution >= 0.6 is 0 Å². The van der Waals surface area contributed by atoms with Gasteiger partial charge in [0.05, 0.1) is 26.2 Å². The van der Waals surface area contributed by atoms with Crippen molar-refractivity contribution in [2.75, 3.05) is 40.5 Å². The third-order valence-corrected chi connectivity index (χ3v) is 4.16. The average molecular weight is 320 g/mol. The Morgan fingerprint density at radius 2 is 1.96 bits per heavy atom. The van der Waals surface area contributed by atoms with Gasteiger partial charge in [0.15, 0.2) is 0 Å². The van der Waals surface area contributed by atoms with Crippen LogP contribution in [0.1, 0.15) is 24.9 Å². The summed E-state index contributed by atoms with van der Waals surface area (Å²) in [5.74, 6) is 0.785. The maximum Gasteiger partial charge on any atom is 0.225 e. The molecule has 23 heavy (non-hydrogen) atoms. The quantitative estimate of drug-likeness (QED) is 0.824. The van der Waals surface area contributed by atoms with Crippen molar-refractivity contribution in [2.45, 2.75) is 19.4 Å². The summed E-state index contributed by atoms with van der Waals surface area (Å²) in [5.41, 5.74) is 0.923. The number of amides is 2. The van der Waals surface area contributed by atoms with E-state index in [1.807, 2.05) is 29.2 Å². The fourth-order valence-corrected chi connectivity index (χ4v) is 2.91. The first-order chi connectivity index (χ1) is 11.1. The van der Waals surface area contributed by atoms with Gasteiger partial charge >= 0.3 is 0 Å². The van der Waals surface area contributed by atoms with Crippen LogP contribution in [0.15, 0.2) is 24.3 Å². The highest BCUT2D eigenvalue weighted by Gasteiger charge is 2.33. The second-order valence-corrected chi connectivity index (χ2v) is 5.55. The monoisotopic (exact) mass is 320 g/mol. The Kier molecular flexibility index (Phi) is 5.98. The number of rotatable bonds is 5. The number of hydrogen-bond donors (Lipinski definition) is 0. The van der Waals surface area contributed by atoms with Crippen LogP contribution in [0.2, 0.25) is 0 Å². The number of carbonyl (C=O) groups is 2. The maximum atomic E-state index is 12.5. The lowest BCUT2D eigenvalue weighted by molar-refractivity contribution is -0.142. The predicted molar refractivity (Wildman–Crippen MR) is 86.2 cm³/mol. The van der Waals surface area contributed by atoms with Crippen molar-refractivity contribution >= 4 is 11.8 Å². The van der Waals surface area contributed by atoms with Crippen LogP contribution < -0.4 is 4.74 Å². The predicted octanol–water partition coefficient (Wildman–Crippen LogP) is 1.46. The molecule has 6 heteroatoms. The Bertz CT molecular complexity index is 561. The van der Waals surface area contributed by atoms with Gasteiger partial charge in [0.1, 0.15) is 5.75 Å². The highest BCUT2D eigenvalue weighted by atomic mass is 16.5. The Morgan fingerprint density at radius 3 is 2.61 bits per heavy atom. The van der Waals surface area contributed by atoms with Crippen molar-refractivity contribution in [3.63, 3.8) is 0 Å². The van der Waals surface area contributed by atoms with Crippen molar-refractivity contribution in [1.82, 2.24) is 9.80 Å². The summed E-state index contributed by atoms with van der Waals surface area (Å²) in [7, 11) is 3.19. The summed E-state index contributed by atoms with van der Waals surface area (Å²) >= 11 is 0. The SMILES string of the molecule is COCCC(=O)N1CCN(C(C)=O)C[C@H]1c1ccccc1OC. The van der Waals surface area contributed by atoms with Crippen molar-refractivity contribution in [1.29, 1.82) is 0 Å². The maximum absolute atomic E-state index is 12.5. The van der Waals surface area contributed by atoms with Gasteiger partial charge in [0.25, 0.3) is 0 Å². The van der Waals surface area contributed by atoms with E-state index in [1.54, 1.807) is 26.0 Å². The largest absolute Gasteiger partial charge is 0.496 e. The summed E-state index contributed by atoms with van der Waals surface area (Å²) in [6.07, 6.45) is 0.336. The van der Waals surface area contributed by atoms with Gasteiger partial charge in [-0.05, 0) is 6.07 Å². The third-order valence-electron chi connectivity index (χ3n) is 4.16. The van der Waals surface area contributed by atoms with Crippen LogP contribution in [0.4, 0.5) is 0 Å². The molecule has 1 fully saturated rings. The first-order valence-corrected chi connectivity index (χ1v) is 7.75. The van der Waals surface area contributed by atoms with E-state index in [1.165, 1.54) is 0 Å². The van der Waals surface area contributed by atoms with Gasteiger partial charge in [-0.25, -0.2) is 0 Å². The van der Waals surface area contributed by atoms with Crippen LogP contribution in [0.25, 0.3) is 0 Å². The number of piperazine rings is 1. The number of hydrogen-bond acceptors (Lipinski definition) is 4. The first kappa shape index (κ1) is 17.3. The normalized spacial score (nSPS) is 18.0. The summed E-state index contributed by atoms with van der Waals surface area (Å²) in [4.78, 5) is 27.9. The number of para-hydroxylation sites is 1. The van der Waals surface area contributed by atoms with Crippen molar-refractivity contribution in [3.05, 3.63) is 29.8 Å². The lowest BCUT2D eigenvalue weighted by atomic mass is 10.0. The molecule has 0 aliphatic carbocycles. The molecule has 126 valence electrons. The molecule has 1 saturated heterocycles. The molecule has 1 aromatic rings. The molecule has 0 bridgehead atoms. The first-order valence-electron chi connectivity index (χ1n) is 7.75. The van der Waals surface area contributed by atoms with E-state index in [9.17, 15) is 9.59 Å². The van der Waals surface area contributed by atoms with Crippen LogP contribution in [-0.2, 0) is 14.3 Å². The molecule has 1 aliphatic rings. The van der Waals surface area contributed by atoms with Crippen molar-refractivity contribution in [2.24, 2.45) is 0 Å². The smallest absolute Gasteiger partial charge is 0.225 e. The third kappa shape index (κ3) is 4.01.